The molecule has 0 aromatic heterocycles. The molecular formula is C13H17F5N2O2Si. The second-order valence-corrected chi connectivity index (χ2v) is 9.39. The lowest BCUT2D eigenvalue weighted by molar-refractivity contribution is 0.252. The summed E-state index contributed by atoms with van der Waals surface area (Å²) in [7, 11) is -0.720. The second-order valence-electron chi connectivity index (χ2n) is 4.85. The average molecular weight is 356 g/mol. The Morgan fingerprint density at radius 2 is 1.39 bits per heavy atom. The molecule has 2 N–H and O–H groups in total. The number of amides is 2. The highest BCUT2D eigenvalue weighted by Gasteiger charge is 2.31. The van der Waals surface area contributed by atoms with Gasteiger partial charge in [0.25, 0.3) is 0 Å². The molecule has 0 saturated carbocycles. The summed E-state index contributed by atoms with van der Waals surface area (Å²) >= 11 is 0. The Morgan fingerprint density at radius 1 is 0.957 bits per heavy atom. The number of nitrogens with one attached hydrogen (secondary N) is 2. The topological polar surface area (TPSA) is 50.4 Å². The fourth-order valence-corrected chi connectivity index (χ4v) is 4.18. The van der Waals surface area contributed by atoms with Crippen LogP contribution in [-0.4, -0.2) is 27.6 Å². The Bertz CT molecular complexity index is 559. The Balaban J connectivity index is 2.91. The van der Waals surface area contributed by atoms with Crippen LogP contribution in [0.2, 0.25) is 12.1 Å². The summed E-state index contributed by atoms with van der Waals surface area (Å²) < 4.78 is 71.3. The van der Waals surface area contributed by atoms with E-state index in [0.29, 0.717) is 12.1 Å². The summed E-state index contributed by atoms with van der Waals surface area (Å²) in [6.07, 6.45) is 0.137. The summed E-state index contributed by atoms with van der Waals surface area (Å²) in [4.78, 5) is 11.7. The molecule has 0 unspecified atom stereocenters. The molecule has 10 heteroatoms. The SMILES string of the molecule is CC[Si](CC)(CNC(=O)Nc1c(F)c(F)c(F)c(F)c1F)OC. The van der Waals surface area contributed by atoms with Gasteiger partial charge in [-0.2, -0.15) is 0 Å². The summed E-state index contributed by atoms with van der Waals surface area (Å²) in [5.41, 5.74) is -1.39. The van der Waals surface area contributed by atoms with E-state index in [1.54, 1.807) is 5.32 Å². The number of rotatable bonds is 6. The Kier molecular flexibility index (Phi) is 6.51. The van der Waals surface area contributed by atoms with Crippen molar-refractivity contribution in [2.75, 3.05) is 18.6 Å². The van der Waals surface area contributed by atoms with Crippen molar-refractivity contribution in [2.45, 2.75) is 25.9 Å². The van der Waals surface area contributed by atoms with Crippen LogP contribution >= 0.6 is 0 Å². The molecule has 0 spiro atoms. The van der Waals surface area contributed by atoms with Gasteiger partial charge in [-0.25, -0.2) is 26.7 Å². The highest BCUT2D eigenvalue weighted by atomic mass is 28.4. The van der Waals surface area contributed by atoms with Crippen LogP contribution in [0.15, 0.2) is 0 Å². The average Bonchev–Trinajstić information content (AvgIpc) is 2.57. The number of benzene rings is 1. The molecule has 0 aliphatic carbocycles. The minimum atomic E-state index is -2.28. The third-order valence-electron chi connectivity index (χ3n) is 3.74. The van der Waals surface area contributed by atoms with E-state index in [4.69, 9.17) is 4.43 Å². The second kappa shape index (κ2) is 7.73. The molecule has 1 rings (SSSR count). The van der Waals surface area contributed by atoms with E-state index < -0.39 is 49.1 Å². The molecule has 1 aromatic rings. The molecule has 2 amide bonds. The fraction of sp³-hybridized carbons (Fsp3) is 0.462. The third kappa shape index (κ3) is 3.99. The molecule has 23 heavy (non-hydrogen) atoms. The van der Waals surface area contributed by atoms with Gasteiger partial charge in [0.15, 0.2) is 23.3 Å². The van der Waals surface area contributed by atoms with Gasteiger partial charge in [0.2, 0.25) is 14.1 Å². The molecule has 0 atom stereocenters. The number of hydrogen-bond acceptors (Lipinski definition) is 2. The van der Waals surface area contributed by atoms with Crippen LogP contribution in [0, 0.1) is 29.1 Å². The lowest BCUT2D eigenvalue weighted by Crippen LogP contribution is -2.49. The van der Waals surface area contributed by atoms with Crippen LogP contribution in [0.1, 0.15) is 13.8 Å². The zero-order chi connectivity index (χ0) is 17.8. The van der Waals surface area contributed by atoms with Crippen molar-refractivity contribution < 1.29 is 31.2 Å². The molecule has 0 heterocycles. The minimum Gasteiger partial charge on any atom is -0.418 e. The van der Waals surface area contributed by atoms with Gasteiger partial charge in [0.1, 0.15) is 5.69 Å². The zero-order valence-corrected chi connectivity index (χ0v) is 13.8. The van der Waals surface area contributed by atoms with E-state index in [1.807, 2.05) is 13.8 Å². The maximum atomic E-state index is 13.5. The number of carbonyl (C=O) groups is 1. The van der Waals surface area contributed by atoms with E-state index in [-0.39, 0.29) is 6.17 Å². The van der Waals surface area contributed by atoms with Crippen LogP contribution in [0.25, 0.3) is 0 Å². The summed E-state index contributed by atoms with van der Waals surface area (Å²) in [6, 6.07) is 0.287. The minimum absolute atomic E-state index is 0.137. The molecule has 0 bridgehead atoms. The lowest BCUT2D eigenvalue weighted by atomic mass is 10.2. The zero-order valence-electron chi connectivity index (χ0n) is 12.8. The number of carbonyl (C=O) groups excluding carboxylic acids is 1. The van der Waals surface area contributed by atoms with Gasteiger partial charge >= 0.3 is 6.03 Å². The van der Waals surface area contributed by atoms with Crippen molar-refractivity contribution in [3.8, 4) is 0 Å². The van der Waals surface area contributed by atoms with Crippen molar-refractivity contribution in [3.05, 3.63) is 29.1 Å². The lowest BCUT2D eigenvalue weighted by Gasteiger charge is -2.27. The number of anilines is 1. The van der Waals surface area contributed by atoms with Crippen LogP contribution in [0.5, 0.6) is 0 Å². The Hall–Kier alpha value is -1.68. The molecule has 0 fully saturated rings. The highest BCUT2D eigenvalue weighted by Crippen LogP contribution is 2.27. The predicted octanol–water partition coefficient (Wildman–Crippen LogP) is 3.67. The first-order valence-electron chi connectivity index (χ1n) is 6.84. The van der Waals surface area contributed by atoms with E-state index in [0.717, 1.165) is 0 Å². The summed E-state index contributed by atoms with van der Waals surface area (Å²) in [5.74, 6) is -10.7. The first kappa shape index (κ1) is 19.4. The number of hydrogen-bond donors (Lipinski definition) is 2. The van der Waals surface area contributed by atoms with Crippen LogP contribution in [-0.2, 0) is 4.43 Å². The first-order chi connectivity index (χ1) is 10.7. The Morgan fingerprint density at radius 3 is 1.78 bits per heavy atom. The Labute approximate surface area is 131 Å². The van der Waals surface area contributed by atoms with E-state index >= 15 is 0 Å². The molecule has 0 aliphatic heterocycles. The third-order valence-corrected chi connectivity index (χ3v) is 8.01. The predicted molar refractivity (Wildman–Crippen MR) is 77.0 cm³/mol. The monoisotopic (exact) mass is 356 g/mol. The van der Waals surface area contributed by atoms with E-state index in [2.05, 4.69) is 5.32 Å². The first-order valence-corrected chi connectivity index (χ1v) is 9.37. The van der Waals surface area contributed by atoms with Crippen molar-refractivity contribution >= 4 is 20.0 Å². The van der Waals surface area contributed by atoms with Crippen molar-refractivity contribution in [1.82, 2.24) is 5.32 Å². The molecule has 4 nitrogen and oxygen atoms in total. The van der Waals surface area contributed by atoms with Gasteiger partial charge in [-0.15, -0.1) is 0 Å². The summed E-state index contributed by atoms with van der Waals surface area (Å²) in [5, 5.41) is 4.00. The quantitative estimate of drug-likeness (QED) is 0.354. The van der Waals surface area contributed by atoms with E-state index in [1.165, 1.54) is 7.11 Å². The fourth-order valence-electron chi connectivity index (χ4n) is 1.97. The standard InChI is InChI=1S/C13H17F5N2O2Si/c1-4-23(5-2,22-3)6-19-13(21)20-12-10(17)8(15)7(14)9(16)11(12)18/h4-6H2,1-3H3,(H2,19,20,21). The van der Waals surface area contributed by atoms with Gasteiger partial charge in [0, 0.05) is 13.3 Å². The van der Waals surface area contributed by atoms with Gasteiger partial charge in [-0.1, -0.05) is 13.8 Å². The van der Waals surface area contributed by atoms with E-state index in [9.17, 15) is 26.7 Å². The van der Waals surface area contributed by atoms with Crippen LogP contribution in [0.4, 0.5) is 32.4 Å². The van der Waals surface area contributed by atoms with Crippen LogP contribution in [0.3, 0.4) is 0 Å². The number of urea groups is 1. The van der Waals surface area contributed by atoms with Crippen molar-refractivity contribution in [3.63, 3.8) is 0 Å². The molecule has 0 radical (unpaired) electrons. The van der Waals surface area contributed by atoms with Gasteiger partial charge in [-0.05, 0) is 12.1 Å². The molecule has 0 aliphatic rings. The maximum absolute atomic E-state index is 13.5. The van der Waals surface area contributed by atoms with Gasteiger partial charge in [-0.3, -0.25) is 0 Å². The van der Waals surface area contributed by atoms with Gasteiger partial charge in [0.05, 0.1) is 0 Å². The molecular weight excluding hydrogens is 339 g/mol. The normalized spacial score (nSPS) is 11.5. The summed E-state index contributed by atoms with van der Waals surface area (Å²) in [6.45, 7) is 3.76. The number of halogens is 5. The molecule has 130 valence electrons. The van der Waals surface area contributed by atoms with Crippen molar-refractivity contribution in [2.24, 2.45) is 0 Å². The highest BCUT2D eigenvalue weighted by molar-refractivity contribution is 6.74. The molecule has 1 aromatic carbocycles. The smallest absolute Gasteiger partial charge is 0.319 e. The van der Waals surface area contributed by atoms with Gasteiger partial charge < -0.3 is 15.1 Å². The molecule has 0 saturated heterocycles. The van der Waals surface area contributed by atoms with Crippen molar-refractivity contribution in [1.29, 1.82) is 0 Å². The largest absolute Gasteiger partial charge is 0.418 e. The maximum Gasteiger partial charge on any atom is 0.319 e. The van der Waals surface area contributed by atoms with Crippen LogP contribution < -0.4 is 10.6 Å².